The van der Waals surface area contributed by atoms with E-state index in [0.29, 0.717) is 5.92 Å². The lowest BCUT2D eigenvalue weighted by molar-refractivity contribution is 0.0690. The Hall–Kier alpha value is -2.41. The Morgan fingerprint density at radius 2 is 1.92 bits per heavy atom. The second-order valence-corrected chi connectivity index (χ2v) is 6.63. The molecule has 0 atom stereocenters. The van der Waals surface area contributed by atoms with Gasteiger partial charge in [-0.05, 0) is 26.0 Å². The molecule has 7 heteroatoms. The van der Waals surface area contributed by atoms with Crippen LogP contribution in [0.1, 0.15) is 34.9 Å². The van der Waals surface area contributed by atoms with Gasteiger partial charge in [-0.3, -0.25) is 0 Å². The largest absolute Gasteiger partial charge is 0.477 e. The highest BCUT2D eigenvalue weighted by molar-refractivity contribution is 5.87. The van der Waals surface area contributed by atoms with Crippen LogP contribution in [0.5, 0.6) is 0 Å². The maximum absolute atomic E-state index is 11.3. The molecule has 2 aromatic heterocycles. The molecule has 1 saturated carbocycles. The number of rotatable bonds is 4. The van der Waals surface area contributed by atoms with Crippen molar-refractivity contribution in [2.24, 2.45) is 0 Å². The van der Waals surface area contributed by atoms with Gasteiger partial charge in [0.2, 0.25) is 0 Å². The number of aromatic nitrogens is 3. The maximum atomic E-state index is 11.3. The molecule has 0 radical (unpaired) electrons. The lowest BCUT2D eigenvalue weighted by Crippen LogP contribution is -2.44. The van der Waals surface area contributed by atoms with Gasteiger partial charge in [-0.25, -0.2) is 14.8 Å². The smallest absolute Gasteiger partial charge is 0.354 e. The molecule has 7 nitrogen and oxygen atoms in total. The van der Waals surface area contributed by atoms with Gasteiger partial charge in [0.25, 0.3) is 0 Å². The van der Waals surface area contributed by atoms with E-state index in [2.05, 4.69) is 26.8 Å². The summed E-state index contributed by atoms with van der Waals surface area (Å²) in [6, 6.07) is 1.65. The number of hydrogen-bond donors (Lipinski definition) is 1. The molecule has 0 spiro atoms. The van der Waals surface area contributed by atoms with Crippen molar-refractivity contribution in [1.29, 1.82) is 0 Å². The van der Waals surface area contributed by atoms with E-state index in [-0.39, 0.29) is 5.69 Å². The third-order valence-corrected chi connectivity index (χ3v) is 4.80. The Morgan fingerprint density at radius 3 is 2.58 bits per heavy atom. The number of aromatic carboxylic acids is 1. The standard InChI is InChI=1S/C17H21N5O2/c1-20-4-6-21(7-5-20)16-9-18-13(17(23)24)8-15(16)22-10-14(19-11-22)12-2-3-12/h8-12H,2-7H2,1H3,(H,23,24). The molecule has 0 unspecified atom stereocenters. The van der Waals surface area contributed by atoms with Gasteiger partial charge in [-0.15, -0.1) is 0 Å². The number of carbonyl (C=O) groups is 1. The third kappa shape index (κ3) is 2.87. The Balaban J connectivity index is 1.73. The minimum absolute atomic E-state index is 0.0598. The minimum Gasteiger partial charge on any atom is -0.477 e. The average molecular weight is 327 g/mol. The van der Waals surface area contributed by atoms with Crippen molar-refractivity contribution >= 4 is 11.7 Å². The zero-order chi connectivity index (χ0) is 16.7. The molecule has 24 heavy (non-hydrogen) atoms. The molecule has 0 amide bonds. The van der Waals surface area contributed by atoms with E-state index in [9.17, 15) is 9.90 Å². The SMILES string of the molecule is CN1CCN(c2cnc(C(=O)O)cc2-n2cnc(C3CC3)c2)CC1. The van der Waals surface area contributed by atoms with Gasteiger partial charge in [-0.1, -0.05) is 0 Å². The maximum Gasteiger partial charge on any atom is 0.354 e. The number of nitrogens with zero attached hydrogens (tertiary/aromatic N) is 5. The predicted octanol–water partition coefficient (Wildman–Crippen LogP) is 1.59. The summed E-state index contributed by atoms with van der Waals surface area (Å²) in [5.74, 6) is -0.442. The first-order chi connectivity index (χ1) is 11.6. The quantitative estimate of drug-likeness (QED) is 0.919. The third-order valence-electron chi connectivity index (χ3n) is 4.80. The minimum atomic E-state index is -1.01. The fourth-order valence-electron chi connectivity index (χ4n) is 3.11. The van der Waals surface area contributed by atoms with E-state index in [1.54, 1.807) is 18.6 Å². The van der Waals surface area contributed by atoms with Gasteiger partial charge in [-0.2, -0.15) is 0 Å². The number of imidazole rings is 1. The molecule has 3 heterocycles. The average Bonchev–Trinajstić information content (AvgIpc) is 3.32. The van der Waals surface area contributed by atoms with Crippen LogP contribution in [0.4, 0.5) is 5.69 Å². The van der Waals surface area contributed by atoms with Gasteiger partial charge in [0.05, 0.1) is 29.6 Å². The first-order valence-corrected chi connectivity index (χ1v) is 8.33. The predicted molar refractivity (Wildman–Crippen MR) is 90.0 cm³/mol. The van der Waals surface area contributed by atoms with Gasteiger partial charge in [0.1, 0.15) is 5.69 Å². The number of carboxylic acids is 1. The summed E-state index contributed by atoms with van der Waals surface area (Å²) in [5, 5.41) is 9.29. The number of anilines is 1. The Bertz CT molecular complexity index is 760. The lowest BCUT2D eigenvalue weighted by atomic mass is 10.2. The molecule has 126 valence electrons. The van der Waals surface area contributed by atoms with Gasteiger partial charge >= 0.3 is 5.97 Å². The molecule has 2 fully saturated rings. The van der Waals surface area contributed by atoms with Crippen LogP contribution in [0.2, 0.25) is 0 Å². The number of piperazine rings is 1. The summed E-state index contributed by atoms with van der Waals surface area (Å²) in [6.45, 7) is 3.78. The number of pyridine rings is 1. The first-order valence-electron chi connectivity index (χ1n) is 8.33. The summed E-state index contributed by atoms with van der Waals surface area (Å²) in [4.78, 5) is 24.5. The summed E-state index contributed by atoms with van der Waals surface area (Å²) in [5.41, 5.74) is 2.96. The Labute approximate surface area is 140 Å². The molecule has 2 aromatic rings. The number of hydrogen-bond acceptors (Lipinski definition) is 5. The Morgan fingerprint density at radius 1 is 1.17 bits per heavy atom. The van der Waals surface area contributed by atoms with Crippen LogP contribution < -0.4 is 4.90 Å². The van der Waals surface area contributed by atoms with Crippen LogP contribution in [0.15, 0.2) is 24.8 Å². The Kier molecular flexibility index (Phi) is 3.72. The van der Waals surface area contributed by atoms with Gasteiger partial charge in [0.15, 0.2) is 0 Å². The van der Waals surface area contributed by atoms with Crippen molar-refractivity contribution in [3.63, 3.8) is 0 Å². The zero-order valence-electron chi connectivity index (χ0n) is 13.7. The van der Waals surface area contributed by atoms with E-state index >= 15 is 0 Å². The van der Waals surface area contributed by atoms with Crippen molar-refractivity contribution in [1.82, 2.24) is 19.4 Å². The molecule has 0 bridgehead atoms. The molecule has 1 aliphatic carbocycles. The normalized spacial score (nSPS) is 18.8. The van der Waals surface area contributed by atoms with Gasteiger partial charge < -0.3 is 19.5 Å². The molecule has 2 aliphatic rings. The second kappa shape index (κ2) is 5.90. The fraction of sp³-hybridized carbons (Fsp3) is 0.471. The summed E-state index contributed by atoms with van der Waals surface area (Å²) in [6.07, 6.45) is 7.88. The lowest BCUT2D eigenvalue weighted by Gasteiger charge is -2.34. The summed E-state index contributed by atoms with van der Waals surface area (Å²) < 4.78 is 1.94. The first kappa shape index (κ1) is 15.1. The topological polar surface area (TPSA) is 74.5 Å². The zero-order valence-corrected chi connectivity index (χ0v) is 13.7. The van der Waals surface area contributed by atoms with E-state index < -0.39 is 5.97 Å². The van der Waals surface area contributed by atoms with Crippen LogP contribution in [-0.2, 0) is 0 Å². The number of carboxylic acid groups (broad SMARTS) is 1. The van der Waals surface area contributed by atoms with Crippen LogP contribution in [0, 0.1) is 0 Å². The highest BCUT2D eigenvalue weighted by Gasteiger charge is 2.27. The highest BCUT2D eigenvalue weighted by atomic mass is 16.4. The summed E-state index contributed by atoms with van der Waals surface area (Å²) >= 11 is 0. The number of likely N-dealkylation sites (N-methyl/N-ethyl adjacent to an activating group) is 1. The molecular weight excluding hydrogens is 306 g/mol. The molecule has 1 N–H and O–H groups in total. The molecular formula is C17H21N5O2. The van der Waals surface area contributed by atoms with Crippen LogP contribution >= 0.6 is 0 Å². The van der Waals surface area contributed by atoms with Gasteiger partial charge in [0, 0.05) is 38.3 Å². The highest BCUT2D eigenvalue weighted by Crippen LogP contribution is 2.39. The van der Waals surface area contributed by atoms with Crippen molar-refractivity contribution in [2.45, 2.75) is 18.8 Å². The van der Waals surface area contributed by atoms with Crippen molar-refractivity contribution < 1.29 is 9.90 Å². The van der Waals surface area contributed by atoms with Crippen molar-refractivity contribution in [3.8, 4) is 5.69 Å². The van der Waals surface area contributed by atoms with Crippen LogP contribution in [0.25, 0.3) is 5.69 Å². The van der Waals surface area contributed by atoms with Crippen molar-refractivity contribution in [3.05, 3.63) is 36.2 Å². The monoisotopic (exact) mass is 327 g/mol. The molecule has 1 aliphatic heterocycles. The van der Waals surface area contributed by atoms with Crippen molar-refractivity contribution in [2.75, 3.05) is 38.1 Å². The van der Waals surface area contributed by atoms with E-state index in [4.69, 9.17) is 0 Å². The van der Waals surface area contributed by atoms with E-state index in [1.165, 1.54) is 12.8 Å². The van der Waals surface area contributed by atoms with Crippen LogP contribution in [0.3, 0.4) is 0 Å². The second-order valence-electron chi connectivity index (χ2n) is 6.63. The molecule has 4 rings (SSSR count). The molecule has 0 aromatic carbocycles. The fourth-order valence-corrected chi connectivity index (χ4v) is 3.11. The van der Waals surface area contributed by atoms with Crippen LogP contribution in [-0.4, -0.2) is 63.7 Å². The molecule has 1 saturated heterocycles. The van der Waals surface area contributed by atoms with E-state index in [0.717, 1.165) is 43.2 Å². The van der Waals surface area contributed by atoms with E-state index in [1.807, 2.05) is 10.8 Å². The summed E-state index contributed by atoms with van der Waals surface area (Å²) in [7, 11) is 2.11.